The Hall–Kier alpha value is -1.92. The van der Waals surface area contributed by atoms with Gasteiger partial charge in [0, 0.05) is 16.0 Å². The minimum absolute atomic E-state index is 0.117. The van der Waals surface area contributed by atoms with Gasteiger partial charge in [0.05, 0.1) is 0 Å². The van der Waals surface area contributed by atoms with E-state index in [0.29, 0.717) is 17.0 Å². The molecule has 0 spiro atoms. The number of Topliss-reactive ketones (excluding diaryl/α,β-unsaturated/α-hetero) is 1. The lowest BCUT2D eigenvalue weighted by atomic mass is 10.1. The highest BCUT2D eigenvalue weighted by atomic mass is 32.2. The highest BCUT2D eigenvalue weighted by Gasteiger charge is 2.36. The molecule has 0 bridgehead atoms. The van der Waals surface area contributed by atoms with Crippen LogP contribution in [-0.4, -0.2) is 28.6 Å². The number of nitrogens with zero attached hydrogens (tertiary/aromatic N) is 3. The molecule has 20 heavy (non-hydrogen) atoms. The Labute approximate surface area is 122 Å². The van der Waals surface area contributed by atoms with Crippen molar-refractivity contribution in [2.24, 2.45) is 15.9 Å². The Bertz CT molecular complexity index is 649. The van der Waals surface area contributed by atoms with Crippen LogP contribution >= 0.6 is 11.8 Å². The number of hydrazine groups is 1. The van der Waals surface area contributed by atoms with Gasteiger partial charge in [-0.3, -0.25) is 4.79 Å². The van der Waals surface area contributed by atoms with Gasteiger partial charge in [-0.2, -0.15) is 10.2 Å². The van der Waals surface area contributed by atoms with Crippen molar-refractivity contribution in [3.8, 4) is 0 Å². The molecular weight excluding hydrogens is 272 g/mol. The van der Waals surface area contributed by atoms with Gasteiger partial charge in [-0.25, -0.2) is 10.8 Å². The van der Waals surface area contributed by atoms with Gasteiger partial charge in [-0.1, -0.05) is 26.5 Å². The Balaban J connectivity index is 0.000000704. The standard InChI is InChI=1S/C12H10N4OS.C2H6/c1-6-14-11-10(15-16(6)13)8-4-3-7(18-2)5-9(8)12(11)17;1-2/h3-5H,1,13H2,2H3;1-2H3. The van der Waals surface area contributed by atoms with Gasteiger partial charge in [0.2, 0.25) is 5.78 Å². The van der Waals surface area contributed by atoms with Gasteiger partial charge >= 0.3 is 0 Å². The van der Waals surface area contributed by atoms with E-state index >= 15 is 0 Å². The molecule has 104 valence electrons. The SMILES string of the molecule is C=C1N=C2C(=O)c3cc(SC)ccc3C2=NN1N.CC. The van der Waals surface area contributed by atoms with Crippen LogP contribution in [0.5, 0.6) is 0 Å². The average Bonchev–Trinajstić information content (AvgIpc) is 2.74. The van der Waals surface area contributed by atoms with E-state index < -0.39 is 0 Å². The number of ketones is 1. The van der Waals surface area contributed by atoms with Crippen molar-refractivity contribution in [2.75, 3.05) is 6.26 Å². The Morgan fingerprint density at radius 3 is 2.60 bits per heavy atom. The lowest BCUT2D eigenvalue weighted by Gasteiger charge is -2.17. The molecule has 2 aliphatic rings. The van der Waals surface area contributed by atoms with E-state index in [1.165, 1.54) is 0 Å². The number of nitrogens with two attached hydrogens (primary N) is 1. The smallest absolute Gasteiger partial charge is 0.214 e. The molecule has 1 aliphatic carbocycles. The Morgan fingerprint density at radius 2 is 1.95 bits per heavy atom. The van der Waals surface area contributed by atoms with Crippen molar-refractivity contribution in [1.82, 2.24) is 5.12 Å². The number of benzene rings is 1. The van der Waals surface area contributed by atoms with Crippen molar-refractivity contribution in [3.05, 3.63) is 41.7 Å². The summed E-state index contributed by atoms with van der Waals surface area (Å²) in [6.45, 7) is 7.64. The monoisotopic (exact) mass is 288 g/mol. The quantitative estimate of drug-likeness (QED) is 0.636. The first-order valence-electron chi connectivity index (χ1n) is 6.26. The van der Waals surface area contributed by atoms with Crippen molar-refractivity contribution < 1.29 is 4.79 Å². The van der Waals surface area contributed by atoms with E-state index in [0.717, 1.165) is 15.6 Å². The molecule has 0 fully saturated rings. The summed E-state index contributed by atoms with van der Waals surface area (Å²) in [7, 11) is 0. The van der Waals surface area contributed by atoms with Gasteiger partial charge in [-0.15, -0.1) is 11.8 Å². The van der Waals surface area contributed by atoms with Crippen molar-refractivity contribution in [1.29, 1.82) is 0 Å². The highest BCUT2D eigenvalue weighted by molar-refractivity contribution is 7.98. The van der Waals surface area contributed by atoms with Gasteiger partial charge in [-0.05, 0) is 18.4 Å². The lowest BCUT2D eigenvalue weighted by Crippen LogP contribution is -2.32. The van der Waals surface area contributed by atoms with Crippen LogP contribution in [-0.2, 0) is 0 Å². The predicted molar refractivity (Wildman–Crippen MR) is 83.0 cm³/mol. The molecule has 0 saturated heterocycles. The topological polar surface area (TPSA) is 71.0 Å². The van der Waals surface area contributed by atoms with Crippen LogP contribution < -0.4 is 5.84 Å². The fraction of sp³-hybridized carbons (Fsp3) is 0.214. The molecule has 6 heteroatoms. The molecule has 3 rings (SSSR count). The fourth-order valence-corrected chi connectivity index (χ4v) is 2.40. The first kappa shape index (κ1) is 14.5. The number of carbonyl (C=O) groups is 1. The third-order valence-corrected chi connectivity index (χ3v) is 3.60. The summed E-state index contributed by atoms with van der Waals surface area (Å²) in [5.74, 6) is 5.76. The van der Waals surface area contributed by atoms with Crippen LogP contribution in [0.1, 0.15) is 29.8 Å². The minimum Gasteiger partial charge on any atom is -0.287 e. The second kappa shape index (κ2) is 5.60. The normalized spacial score (nSPS) is 15.9. The number of rotatable bonds is 1. The molecular formula is C14H16N4OS. The number of aliphatic imine (C=N–C) groups is 1. The van der Waals surface area contributed by atoms with Gasteiger partial charge in [0.1, 0.15) is 11.4 Å². The van der Waals surface area contributed by atoms with E-state index in [4.69, 9.17) is 5.84 Å². The van der Waals surface area contributed by atoms with Crippen LogP contribution in [0.3, 0.4) is 0 Å². The van der Waals surface area contributed by atoms with Crippen LogP contribution in [0.25, 0.3) is 0 Å². The zero-order valence-electron chi connectivity index (χ0n) is 11.7. The molecule has 0 amide bonds. The summed E-state index contributed by atoms with van der Waals surface area (Å²) in [6, 6.07) is 5.68. The van der Waals surface area contributed by atoms with Crippen molar-refractivity contribution in [3.63, 3.8) is 0 Å². The number of carbonyl (C=O) groups excluding carboxylic acids is 1. The minimum atomic E-state index is -0.117. The van der Waals surface area contributed by atoms with Crippen molar-refractivity contribution in [2.45, 2.75) is 18.7 Å². The second-order valence-corrected chi connectivity index (χ2v) is 4.79. The number of hydrogen-bond acceptors (Lipinski definition) is 6. The predicted octanol–water partition coefficient (Wildman–Crippen LogP) is 2.44. The summed E-state index contributed by atoms with van der Waals surface area (Å²) in [5, 5.41) is 5.23. The first-order valence-corrected chi connectivity index (χ1v) is 7.49. The summed E-state index contributed by atoms with van der Waals surface area (Å²) in [4.78, 5) is 17.4. The highest BCUT2D eigenvalue weighted by Crippen LogP contribution is 2.28. The van der Waals surface area contributed by atoms with E-state index in [1.807, 2.05) is 38.3 Å². The van der Waals surface area contributed by atoms with Gasteiger partial charge in [0.25, 0.3) is 0 Å². The largest absolute Gasteiger partial charge is 0.287 e. The second-order valence-electron chi connectivity index (χ2n) is 3.91. The number of thioether (sulfide) groups is 1. The Morgan fingerprint density at radius 1 is 1.25 bits per heavy atom. The lowest BCUT2D eigenvalue weighted by molar-refractivity contribution is 0.106. The summed E-state index contributed by atoms with van der Waals surface area (Å²) < 4.78 is 0. The van der Waals surface area contributed by atoms with Crippen molar-refractivity contribution >= 4 is 29.0 Å². The molecule has 0 aromatic heterocycles. The first-order chi connectivity index (χ1) is 9.61. The molecule has 0 unspecified atom stereocenters. The number of hydrogen-bond donors (Lipinski definition) is 1. The maximum Gasteiger partial charge on any atom is 0.214 e. The number of fused-ring (bicyclic) bond motifs is 3. The van der Waals surface area contributed by atoms with E-state index in [1.54, 1.807) is 11.8 Å². The van der Waals surface area contributed by atoms with E-state index in [9.17, 15) is 4.79 Å². The summed E-state index contributed by atoms with van der Waals surface area (Å²) in [5.41, 5.74) is 2.26. The maximum atomic E-state index is 12.2. The summed E-state index contributed by atoms with van der Waals surface area (Å²) in [6.07, 6.45) is 1.96. The molecule has 5 nitrogen and oxygen atoms in total. The van der Waals surface area contributed by atoms with Gasteiger partial charge in [0.15, 0.2) is 5.82 Å². The third-order valence-electron chi connectivity index (χ3n) is 2.88. The number of hydrazone groups is 1. The van der Waals surface area contributed by atoms with Crippen LogP contribution in [0.2, 0.25) is 0 Å². The molecule has 1 aromatic rings. The molecule has 0 atom stereocenters. The molecule has 1 heterocycles. The summed E-state index contributed by atoms with van der Waals surface area (Å²) >= 11 is 1.59. The zero-order valence-corrected chi connectivity index (χ0v) is 12.5. The van der Waals surface area contributed by atoms with Crippen LogP contribution in [0, 0.1) is 0 Å². The fourth-order valence-electron chi connectivity index (χ4n) is 1.96. The third kappa shape index (κ3) is 2.17. The molecule has 1 aliphatic heterocycles. The molecule has 0 radical (unpaired) electrons. The van der Waals surface area contributed by atoms with Crippen LogP contribution in [0.15, 0.2) is 45.6 Å². The average molecular weight is 288 g/mol. The zero-order chi connectivity index (χ0) is 14.9. The van der Waals surface area contributed by atoms with Gasteiger partial charge < -0.3 is 0 Å². The molecule has 1 aromatic carbocycles. The van der Waals surface area contributed by atoms with E-state index in [2.05, 4.69) is 16.7 Å². The maximum absolute atomic E-state index is 12.2. The van der Waals surface area contributed by atoms with E-state index in [-0.39, 0.29) is 11.6 Å². The molecule has 0 saturated carbocycles. The molecule has 2 N–H and O–H groups in total. The Kier molecular flexibility index (Phi) is 4.06. The van der Waals surface area contributed by atoms with Crippen LogP contribution in [0.4, 0.5) is 0 Å².